The fourth-order valence-corrected chi connectivity index (χ4v) is 2.90. The molecule has 0 radical (unpaired) electrons. The first-order valence-corrected chi connectivity index (χ1v) is 8.97. The van der Waals surface area contributed by atoms with Crippen LogP contribution in [-0.4, -0.2) is 40.9 Å². The number of nitrogens with zero attached hydrogens (tertiary/aromatic N) is 1. The average Bonchev–Trinajstić information content (AvgIpc) is 2.70. The second kappa shape index (κ2) is 10.5. The lowest BCUT2D eigenvalue weighted by Gasteiger charge is -2.16. The number of hydrogen-bond donors (Lipinski definition) is 2. The van der Waals surface area contributed by atoms with Crippen molar-refractivity contribution < 1.29 is 14.2 Å². The second-order valence-corrected chi connectivity index (χ2v) is 6.18. The molecule has 0 aliphatic carbocycles. The van der Waals surface area contributed by atoms with Crippen LogP contribution in [0.3, 0.4) is 0 Å². The summed E-state index contributed by atoms with van der Waals surface area (Å²) in [4.78, 5) is 4.25. The number of benzene rings is 2. The van der Waals surface area contributed by atoms with E-state index in [-0.39, 0.29) is 0 Å². The second-order valence-electron chi connectivity index (χ2n) is 5.74. The minimum Gasteiger partial charge on any atom is -0.496 e. The summed E-state index contributed by atoms with van der Waals surface area (Å²) in [5, 5.41) is 7.29. The zero-order valence-corrected chi connectivity index (χ0v) is 16.9. The maximum Gasteiger partial charge on any atom is 0.191 e. The Kier molecular flexibility index (Phi) is 8.07. The molecule has 6 nitrogen and oxygen atoms in total. The SMILES string of the molecule is CN=C(NCCc1c(OC)cc(OC)cc1OC)NCc1cccc(Cl)c1. The molecule has 0 saturated heterocycles. The molecular weight excluding hydrogens is 366 g/mol. The predicted molar refractivity (Wildman–Crippen MR) is 109 cm³/mol. The summed E-state index contributed by atoms with van der Waals surface area (Å²) in [5.41, 5.74) is 2.06. The highest BCUT2D eigenvalue weighted by molar-refractivity contribution is 6.30. The van der Waals surface area contributed by atoms with Crippen LogP contribution in [0.25, 0.3) is 0 Å². The molecule has 0 heterocycles. The first kappa shape index (κ1) is 20.7. The molecular formula is C20H26ClN3O3. The van der Waals surface area contributed by atoms with Crippen molar-refractivity contribution in [3.05, 3.63) is 52.5 Å². The van der Waals surface area contributed by atoms with Crippen molar-refractivity contribution >= 4 is 17.6 Å². The van der Waals surface area contributed by atoms with Gasteiger partial charge < -0.3 is 24.8 Å². The molecule has 0 aliphatic heterocycles. The van der Waals surface area contributed by atoms with E-state index in [2.05, 4.69) is 15.6 Å². The lowest BCUT2D eigenvalue weighted by Crippen LogP contribution is -2.37. The number of ether oxygens (including phenoxy) is 3. The van der Waals surface area contributed by atoms with Gasteiger partial charge in [-0.15, -0.1) is 0 Å². The van der Waals surface area contributed by atoms with Crippen LogP contribution < -0.4 is 24.8 Å². The molecule has 2 aromatic rings. The molecule has 0 saturated carbocycles. The third-order valence-corrected chi connectivity index (χ3v) is 4.29. The Morgan fingerprint density at radius 2 is 1.70 bits per heavy atom. The predicted octanol–water partition coefficient (Wildman–Crippen LogP) is 3.27. The summed E-state index contributed by atoms with van der Waals surface area (Å²) >= 11 is 6.02. The summed E-state index contributed by atoms with van der Waals surface area (Å²) in [7, 11) is 6.63. The van der Waals surface area contributed by atoms with Crippen LogP contribution in [0.4, 0.5) is 0 Å². The molecule has 146 valence electrons. The number of aliphatic imine (C=N–C) groups is 1. The zero-order valence-electron chi connectivity index (χ0n) is 16.1. The molecule has 0 fully saturated rings. The molecule has 2 rings (SSSR count). The van der Waals surface area contributed by atoms with Crippen molar-refractivity contribution in [3.63, 3.8) is 0 Å². The number of nitrogens with one attached hydrogen (secondary N) is 2. The molecule has 0 unspecified atom stereocenters. The van der Waals surface area contributed by atoms with Crippen LogP contribution in [0, 0.1) is 0 Å². The maximum absolute atomic E-state index is 6.02. The van der Waals surface area contributed by atoms with Crippen molar-refractivity contribution in [1.82, 2.24) is 10.6 Å². The molecule has 0 aromatic heterocycles. The molecule has 0 amide bonds. The van der Waals surface area contributed by atoms with Crippen molar-refractivity contribution in [1.29, 1.82) is 0 Å². The molecule has 0 spiro atoms. The lowest BCUT2D eigenvalue weighted by molar-refractivity contribution is 0.368. The zero-order chi connectivity index (χ0) is 19.6. The van der Waals surface area contributed by atoms with Gasteiger partial charge in [-0.2, -0.15) is 0 Å². The average molecular weight is 392 g/mol. The van der Waals surface area contributed by atoms with Gasteiger partial charge in [-0.3, -0.25) is 4.99 Å². The molecule has 2 aromatic carbocycles. The van der Waals surface area contributed by atoms with Crippen molar-refractivity contribution in [2.45, 2.75) is 13.0 Å². The quantitative estimate of drug-likeness (QED) is 0.534. The van der Waals surface area contributed by atoms with Gasteiger partial charge in [-0.05, 0) is 24.1 Å². The summed E-state index contributed by atoms with van der Waals surface area (Å²) in [6, 6.07) is 11.4. The first-order chi connectivity index (χ1) is 13.1. The summed E-state index contributed by atoms with van der Waals surface area (Å²) in [6.45, 7) is 1.30. The van der Waals surface area contributed by atoms with Crippen LogP contribution in [0.1, 0.15) is 11.1 Å². The van der Waals surface area contributed by atoms with E-state index in [0.29, 0.717) is 31.2 Å². The standard InChI is InChI=1S/C20H26ClN3O3/c1-22-20(24-13-14-6-5-7-15(21)10-14)23-9-8-17-18(26-3)11-16(25-2)12-19(17)27-4/h5-7,10-12H,8-9,13H2,1-4H3,(H2,22,23,24). The Hall–Kier alpha value is -2.60. The maximum atomic E-state index is 6.02. The van der Waals surface area contributed by atoms with Gasteiger partial charge in [0.2, 0.25) is 0 Å². The number of guanidine groups is 1. The third kappa shape index (κ3) is 5.96. The molecule has 2 N–H and O–H groups in total. The Balaban J connectivity index is 1.96. The minimum absolute atomic E-state index is 0.634. The van der Waals surface area contributed by atoms with Gasteiger partial charge in [-0.1, -0.05) is 23.7 Å². The number of rotatable bonds is 8. The Labute approximate surface area is 165 Å². The van der Waals surface area contributed by atoms with E-state index < -0.39 is 0 Å². The number of methoxy groups -OCH3 is 3. The monoisotopic (exact) mass is 391 g/mol. The van der Waals surface area contributed by atoms with Gasteiger partial charge in [0.25, 0.3) is 0 Å². The van der Waals surface area contributed by atoms with E-state index in [1.807, 2.05) is 36.4 Å². The van der Waals surface area contributed by atoms with Gasteiger partial charge >= 0.3 is 0 Å². The van der Waals surface area contributed by atoms with Gasteiger partial charge in [0.05, 0.1) is 21.3 Å². The van der Waals surface area contributed by atoms with E-state index >= 15 is 0 Å². The third-order valence-electron chi connectivity index (χ3n) is 4.06. The van der Waals surface area contributed by atoms with Crippen molar-refractivity contribution in [2.24, 2.45) is 4.99 Å². The summed E-state index contributed by atoms with van der Waals surface area (Å²) < 4.78 is 16.3. The molecule has 0 aliphatic rings. The van der Waals surface area contributed by atoms with Crippen molar-refractivity contribution in [2.75, 3.05) is 34.9 Å². The van der Waals surface area contributed by atoms with E-state index in [9.17, 15) is 0 Å². The summed E-state index contributed by atoms with van der Waals surface area (Å²) in [5.74, 6) is 2.87. The molecule has 27 heavy (non-hydrogen) atoms. The molecule has 7 heteroatoms. The number of hydrogen-bond acceptors (Lipinski definition) is 4. The van der Waals surface area contributed by atoms with E-state index in [1.165, 1.54) is 0 Å². The fourth-order valence-electron chi connectivity index (χ4n) is 2.68. The first-order valence-electron chi connectivity index (χ1n) is 8.59. The van der Waals surface area contributed by atoms with E-state index in [0.717, 1.165) is 27.6 Å². The highest BCUT2D eigenvalue weighted by Gasteiger charge is 2.13. The Morgan fingerprint density at radius 1 is 1.00 bits per heavy atom. The summed E-state index contributed by atoms with van der Waals surface area (Å²) in [6.07, 6.45) is 0.703. The van der Waals surface area contributed by atoms with Gasteiger partial charge in [0.15, 0.2) is 5.96 Å². The largest absolute Gasteiger partial charge is 0.496 e. The topological polar surface area (TPSA) is 64.1 Å². The fraction of sp³-hybridized carbons (Fsp3) is 0.350. The smallest absolute Gasteiger partial charge is 0.191 e. The molecule has 0 bridgehead atoms. The van der Waals surface area contributed by atoms with Gasteiger partial charge in [-0.25, -0.2) is 0 Å². The van der Waals surface area contributed by atoms with Crippen LogP contribution in [0.15, 0.2) is 41.4 Å². The van der Waals surface area contributed by atoms with Crippen LogP contribution in [0.5, 0.6) is 17.2 Å². The Bertz CT molecular complexity index is 756. The van der Waals surface area contributed by atoms with Gasteiger partial charge in [0, 0.05) is 42.9 Å². The van der Waals surface area contributed by atoms with E-state index in [1.54, 1.807) is 28.4 Å². The Morgan fingerprint density at radius 3 is 2.26 bits per heavy atom. The highest BCUT2D eigenvalue weighted by atomic mass is 35.5. The van der Waals surface area contributed by atoms with E-state index in [4.69, 9.17) is 25.8 Å². The van der Waals surface area contributed by atoms with Crippen LogP contribution in [0.2, 0.25) is 5.02 Å². The van der Waals surface area contributed by atoms with Gasteiger partial charge in [0.1, 0.15) is 17.2 Å². The minimum atomic E-state index is 0.634. The lowest BCUT2D eigenvalue weighted by atomic mass is 10.1. The molecule has 0 atom stereocenters. The van der Waals surface area contributed by atoms with Crippen LogP contribution >= 0.6 is 11.6 Å². The normalized spacial score (nSPS) is 11.1. The van der Waals surface area contributed by atoms with Crippen LogP contribution in [-0.2, 0) is 13.0 Å². The highest BCUT2D eigenvalue weighted by Crippen LogP contribution is 2.34. The number of halogens is 1. The van der Waals surface area contributed by atoms with Crippen molar-refractivity contribution in [3.8, 4) is 17.2 Å².